The third-order valence-corrected chi connectivity index (χ3v) is 9.20. The first-order valence-corrected chi connectivity index (χ1v) is 15.0. The molecule has 0 saturated carbocycles. The topological polar surface area (TPSA) is 15.7 Å². The molecule has 0 spiro atoms. The molecular formula is C31H38Cl3N2ORu. The molecule has 0 radical (unpaired) electrons. The molecule has 0 atom stereocenters. The molecule has 0 N–H and O–H groups in total. The van der Waals surface area contributed by atoms with Crippen LogP contribution in [0.3, 0.4) is 0 Å². The number of hydrogen-bond donors (Lipinski definition) is 0. The van der Waals surface area contributed by atoms with Crippen molar-refractivity contribution >= 4 is 27.6 Å². The van der Waals surface area contributed by atoms with Gasteiger partial charge in [-0.3, -0.25) is 0 Å². The van der Waals surface area contributed by atoms with Crippen LogP contribution in [-0.2, 0) is 16.7 Å². The van der Waals surface area contributed by atoms with E-state index in [0.29, 0.717) is 0 Å². The van der Waals surface area contributed by atoms with Crippen molar-refractivity contribution < 1.29 is 46.2 Å². The quantitative estimate of drug-likeness (QED) is 0.373. The summed E-state index contributed by atoms with van der Waals surface area (Å²) in [5.41, 5.74) is 11.9. The van der Waals surface area contributed by atoms with Crippen molar-refractivity contribution in [3.8, 4) is 5.75 Å². The molecule has 38 heavy (non-hydrogen) atoms. The maximum absolute atomic E-state index is 6.42. The second-order valence-electron chi connectivity index (χ2n) is 10.2. The Balaban J connectivity index is 0.00000253. The van der Waals surface area contributed by atoms with E-state index >= 15 is 0 Å². The van der Waals surface area contributed by atoms with Gasteiger partial charge in [0.1, 0.15) is 0 Å². The molecule has 1 aliphatic heterocycles. The predicted octanol–water partition coefficient (Wildman–Crippen LogP) is 1.53. The van der Waals surface area contributed by atoms with Crippen LogP contribution >= 0.6 is 11.6 Å². The summed E-state index contributed by atoms with van der Waals surface area (Å²) in [5, 5.41) is 0.744. The fourth-order valence-corrected chi connectivity index (χ4v) is 8.14. The van der Waals surface area contributed by atoms with E-state index < -0.39 is 0 Å². The number of benzene rings is 3. The monoisotopic (exact) mass is 661 g/mol. The van der Waals surface area contributed by atoms with E-state index in [-0.39, 0.29) is 52.4 Å². The van der Waals surface area contributed by atoms with E-state index in [1.807, 2.05) is 18.2 Å². The summed E-state index contributed by atoms with van der Waals surface area (Å²) in [6.07, 6.45) is 0.115. The molecule has 1 aliphatic rings. The van der Waals surface area contributed by atoms with Gasteiger partial charge in [0.2, 0.25) is 0 Å². The Morgan fingerprint density at radius 1 is 0.789 bits per heavy atom. The Kier molecular flexibility index (Phi) is 11.7. The summed E-state index contributed by atoms with van der Waals surface area (Å²) in [5.74, 6) is 0.908. The van der Waals surface area contributed by atoms with Gasteiger partial charge in [-0.25, -0.2) is 0 Å². The molecular weight excluding hydrogens is 624 g/mol. The maximum Gasteiger partial charge on any atom is -1.00 e. The Morgan fingerprint density at radius 2 is 1.24 bits per heavy atom. The molecule has 207 valence electrons. The van der Waals surface area contributed by atoms with Gasteiger partial charge in [-0.1, -0.05) is 0 Å². The SMILES string of the molecule is Cc1cc(C)c(N2CCN(c3c(C)cc(C)cc3C)[CH]2/[Ru+2]=[CH]/c2cc(Cl)ccc2OC(C)C)c(C)c1.[Cl-].[Cl-]. The first-order chi connectivity index (χ1) is 17.0. The molecule has 3 nitrogen and oxygen atoms in total. The van der Waals surface area contributed by atoms with Crippen LogP contribution in [0.15, 0.2) is 42.5 Å². The van der Waals surface area contributed by atoms with Crippen molar-refractivity contribution in [1.29, 1.82) is 0 Å². The summed E-state index contributed by atoms with van der Waals surface area (Å²) in [6.45, 7) is 19.5. The largest absolute Gasteiger partial charge is 1.00 e. The molecule has 1 saturated heterocycles. The standard InChI is InChI=1S/C21H27N2.C10H11ClO.2ClH.Ru/c1-14-9-16(3)20(17(4)10-14)22-7-8-23(13-22)21-18(5)11-15(2)12-19(21)6;1-7(2)12-10-5-4-9(11)6-8(10)3;;;/h9-13H,7-8H2,1-6H3;3-7H,1-2H3;2*1H;/q;;;;+2/p-2. The van der Waals surface area contributed by atoms with Crippen molar-refractivity contribution in [2.75, 3.05) is 22.9 Å². The van der Waals surface area contributed by atoms with E-state index in [1.54, 1.807) is 0 Å². The number of aryl methyl sites for hydroxylation is 6. The van der Waals surface area contributed by atoms with Gasteiger partial charge in [-0.05, 0) is 0 Å². The van der Waals surface area contributed by atoms with Crippen LogP contribution in [0.2, 0.25) is 5.02 Å². The van der Waals surface area contributed by atoms with Crippen molar-refractivity contribution in [3.63, 3.8) is 0 Å². The van der Waals surface area contributed by atoms with Gasteiger partial charge in [-0.2, -0.15) is 0 Å². The van der Waals surface area contributed by atoms with E-state index in [1.165, 1.54) is 44.8 Å². The second-order valence-corrected chi connectivity index (χ2v) is 12.7. The Bertz CT molecular complexity index is 1200. The van der Waals surface area contributed by atoms with Gasteiger partial charge >= 0.3 is 230 Å². The second kappa shape index (κ2) is 13.7. The molecule has 3 aromatic rings. The summed E-state index contributed by atoms with van der Waals surface area (Å²) in [7, 11) is 0. The zero-order chi connectivity index (χ0) is 26.1. The summed E-state index contributed by atoms with van der Waals surface area (Å²) >= 11 is 6.23. The molecule has 3 aromatic carbocycles. The van der Waals surface area contributed by atoms with E-state index in [9.17, 15) is 0 Å². The van der Waals surface area contributed by atoms with Crippen molar-refractivity contribution in [2.45, 2.75) is 66.3 Å². The van der Waals surface area contributed by atoms with Gasteiger partial charge in [0.15, 0.2) is 0 Å². The first kappa shape index (κ1) is 32.6. The van der Waals surface area contributed by atoms with Gasteiger partial charge in [0, 0.05) is 0 Å². The number of rotatable bonds is 6. The van der Waals surface area contributed by atoms with Gasteiger partial charge in [0.25, 0.3) is 0 Å². The minimum atomic E-state index is -0.191. The number of nitrogens with zero attached hydrogens (tertiary/aromatic N) is 2. The first-order valence-electron chi connectivity index (χ1n) is 12.6. The number of hydrogen-bond acceptors (Lipinski definition) is 3. The van der Waals surface area contributed by atoms with Crippen LogP contribution in [0, 0.1) is 41.5 Å². The Hall–Kier alpha value is -1.58. The minimum Gasteiger partial charge on any atom is -1.00 e. The van der Waals surface area contributed by atoms with Crippen LogP contribution in [-0.4, -0.2) is 28.6 Å². The zero-order valence-corrected chi connectivity index (χ0v) is 27.5. The molecule has 0 aromatic heterocycles. The smallest absolute Gasteiger partial charge is 1.00 e. The van der Waals surface area contributed by atoms with Crippen LogP contribution in [0.4, 0.5) is 11.4 Å². The van der Waals surface area contributed by atoms with Crippen molar-refractivity contribution in [2.24, 2.45) is 0 Å². The van der Waals surface area contributed by atoms with Crippen LogP contribution in [0.1, 0.15) is 52.8 Å². The molecule has 0 bridgehead atoms. The van der Waals surface area contributed by atoms with E-state index in [0.717, 1.165) is 29.4 Å². The average Bonchev–Trinajstić information content (AvgIpc) is 3.15. The van der Waals surface area contributed by atoms with E-state index in [4.69, 9.17) is 16.3 Å². The van der Waals surface area contributed by atoms with Crippen LogP contribution in [0.25, 0.3) is 0 Å². The predicted molar refractivity (Wildman–Crippen MR) is 152 cm³/mol. The van der Waals surface area contributed by atoms with E-state index in [2.05, 4.69) is 94.1 Å². The molecule has 0 unspecified atom stereocenters. The van der Waals surface area contributed by atoms with Gasteiger partial charge in [0.05, 0.1) is 0 Å². The zero-order valence-electron chi connectivity index (χ0n) is 23.5. The van der Waals surface area contributed by atoms with Crippen LogP contribution in [0.5, 0.6) is 5.75 Å². The summed E-state index contributed by atoms with van der Waals surface area (Å²) < 4.78 is 8.81. The molecule has 1 heterocycles. The van der Waals surface area contributed by atoms with Crippen molar-refractivity contribution in [1.82, 2.24) is 0 Å². The third kappa shape index (κ3) is 7.13. The third-order valence-electron chi connectivity index (χ3n) is 6.53. The number of ether oxygens (including phenoxy) is 1. The van der Waals surface area contributed by atoms with Crippen LogP contribution < -0.4 is 39.4 Å². The Morgan fingerprint density at radius 3 is 1.66 bits per heavy atom. The normalized spacial score (nSPS) is 13.7. The maximum atomic E-state index is 6.42. The fourth-order valence-electron chi connectivity index (χ4n) is 5.48. The molecule has 1 fully saturated rings. The molecule has 4 rings (SSSR count). The van der Waals surface area contributed by atoms with Gasteiger partial charge in [-0.15, -0.1) is 0 Å². The summed E-state index contributed by atoms with van der Waals surface area (Å²) in [4.78, 5) is 5.29. The minimum absolute atomic E-state index is 0. The number of halogens is 3. The van der Waals surface area contributed by atoms with Gasteiger partial charge < -0.3 is 24.8 Å². The molecule has 7 heteroatoms. The number of anilines is 2. The average molecular weight is 662 g/mol. The van der Waals surface area contributed by atoms with Crippen molar-refractivity contribution in [3.05, 3.63) is 86.4 Å². The fraction of sp³-hybridized carbons (Fsp3) is 0.387. The summed E-state index contributed by atoms with van der Waals surface area (Å²) in [6, 6.07) is 15.2. The molecule has 0 amide bonds. The Labute approximate surface area is 253 Å². The molecule has 0 aliphatic carbocycles.